The third-order valence-corrected chi connectivity index (χ3v) is 8.78. The summed E-state index contributed by atoms with van der Waals surface area (Å²) in [5.41, 5.74) is 4.67. The Morgan fingerprint density at radius 1 is 1.29 bits per heavy atom. The summed E-state index contributed by atoms with van der Waals surface area (Å²) in [6.45, 7) is 13.0. The molecule has 0 aromatic heterocycles. The lowest BCUT2D eigenvalue weighted by atomic mass is 9.62. The Kier molecular flexibility index (Phi) is 7.61. The van der Waals surface area contributed by atoms with Crippen molar-refractivity contribution in [2.45, 2.75) is 117 Å². The van der Waals surface area contributed by atoms with E-state index in [1.165, 1.54) is 36.8 Å². The Bertz CT molecular complexity index is 738. The highest BCUT2D eigenvalue weighted by Gasteiger charge is 2.49. The second-order valence-corrected chi connectivity index (χ2v) is 11.8. The molecule has 31 heavy (non-hydrogen) atoms. The van der Waals surface area contributed by atoms with Gasteiger partial charge in [0.05, 0.1) is 17.8 Å². The molecule has 0 heterocycles. The molecule has 0 saturated heterocycles. The highest BCUT2D eigenvalue weighted by Crippen LogP contribution is 2.59. The molecule has 0 aromatic carbocycles. The van der Waals surface area contributed by atoms with Crippen LogP contribution in [0.25, 0.3) is 0 Å². The number of hydrogen-bond acceptors (Lipinski definition) is 3. The zero-order chi connectivity index (χ0) is 23.0. The molecule has 1 saturated carbocycles. The standard InChI is InChI=1S/C28H46O3/c1-18(9-7-13-27(4,5)31)24-11-12-25-21(10-8-14-28(24,25)6)15-19(2)23-16-22(29)17-26(30)20(23)3/h10,15,18,22,24-26,29-31H,7-9,11-14,16-17H2,1-6H3/t18-,22-,24?,25?,26+,28-/m1/s1. The lowest BCUT2D eigenvalue weighted by Gasteiger charge is -2.43. The molecular formula is C28H46O3. The van der Waals surface area contributed by atoms with E-state index >= 15 is 0 Å². The predicted molar refractivity (Wildman–Crippen MR) is 129 cm³/mol. The molecule has 6 atom stereocenters. The largest absolute Gasteiger partial charge is 0.393 e. The maximum absolute atomic E-state index is 10.3. The predicted octanol–water partition coefficient (Wildman–Crippen LogP) is 6.09. The normalized spacial score (nSPS) is 35.8. The van der Waals surface area contributed by atoms with Gasteiger partial charge in [0.2, 0.25) is 0 Å². The van der Waals surface area contributed by atoms with Crippen LogP contribution in [0, 0.1) is 23.2 Å². The second-order valence-electron chi connectivity index (χ2n) is 11.8. The van der Waals surface area contributed by atoms with E-state index in [9.17, 15) is 15.3 Å². The first-order valence-electron chi connectivity index (χ1n) is 12.6. The van der Waals surface area contributed by atoms with Gasteiger partial charge < -0.3 is 15.3 Å². The van der Waals surface area contributed by atoms with Gasteiger partial charge in [0.25, 0.3) is 0 Å². The third-order valence-electron chi connectivity index (χ3n) is 8.78. The van der Waals surface area contributed by atoms with Crippen molar-refractivity contribution in [3.63, 3.8) is 0 Å². The molecule has 0 aliphatic heterocycles. The molecule has 3 aliphatic carbocycles. The molecule has 3 nitrogen and oxygen atoms in total. The van der Waals surface area contributed by atoms with Gasteiger partial charge in [-0.05, 0) is 112 Å². The Hall–Kier alpha value is -0.900. The highest BCUT2D eigenvalue weighted by molar-refractivity contribution is 5.43. The van der Waals surface area contributed by atoms with E-state index in [-0.39, 0.29) is 0 Å². The fourth-order valence-electron chi connectivity index (χ4n) is 6.94. The Balaban J connectivity index is 1.74. The van der Waals surface area contributed by atoms with E-state index < -0.39 is 17.8 Å². The topological polar surface area (TPSA) is 60.7 Å². The van der Waals surface area contributed by atoms with Crippen LogP contribution in [-0.4, -0.2) is 33.1 Å². The van der Waals surface area contributed by atoms with E-state index in [1.807, 2.05) is 20.8 Å². The first kappa shape index (κ1) is 24.7. The van der Waals surface area contributed by atoms with Crippen LogP contribution in [0.5, 0.6) is 0 Å². The van der Waals surface area contributed by atoms with Gasteiger partial charge >= 0.3 is 0 Å². The Labute approximate surface area is 190 Å². The minimum absolute atomic E-state index is 0.351. The monoisotopic (exact) mass is 430 g/mol. The van der Waals surface area contributed by atoms with Gasteiger partial charge in [-0.2, -0.15) is 0 Å². The van der Waals surface area contributed by atoms with Crippen molar-refractivity contribution in [2.75, 3.05) is 0 Å². The molecule has 3 rings (SSSR count). The van der Waals surface area contributed by atoms with Crippen molar-refractivity contribution in [3.05, 3.63) is 34.4 Å². The van der Waals surface area contributed by atoms with Crippen LogP contribution in [-0.2, 0) is 0 Å². The van der Waals surface area contributed by atoms with E-state index in [0.29, 0.717) is 30.1 Å². The van der Waals surface area contributed by atoms with Crippen LogP contribution >= 0.6 is 0 Å². The molecule has 2 unspecified atom stereocenters. The van der Waals surface area contributed by atoms with Gasteiger partial charge in [-0.3, -0.25) is 0 Å². The average molecular weight is 431 g/mol. The summed E-state index contributed by atoms with van der Waals surface area (Å²) in [5, 5.41) is 30.5. The van der Waals surface area contributed by atoms with Crippen molar-refractivity contribution in [2.24, 2.45) is 23.2 Å². The molecule has 3 N–H and O–H groups in total. The van der Waals surface area contributed by atoms with Crippen molar-refractivity contribution >= 4 is 0 Å². The van der Waals surface area contributed by atoms with Gasteiger partial charge in [-0.1, -0.05) is 38.8 Å². The summed E-state index contributed by atoms with van der Waals surface area (Å²) in [6.07, 6.45) is 13.1. The fourth-order valence-corrected chi connectivity index (χ4v) is 6.94. The van der Waals surface area contributed by atoms with Crippen molar-refractivity contribution in [3.8, 4) is 0 Å². The number of rotatable bonds is 7. The second kappa shape index (κ2) is 9.53. The zero-order valence-corrected chi connectivity index (χ0v) is 20.7. The smallest absolute Gasteiger partial charge is 0.0777 e. The molecule has 0 aromatic rings. The third kappa shape index (κ3) is 5.54. The molecule has 176 valence electrons. The van der Waals surface area contributed by atoms with Crippen molar-refractivity contribution in [1.29, 1.82) is 0 Å². The minimum atomic E-state index is -0.558. The first-order chi connectivity index (χ1) is 14.4. The van der Waals surface area contributed by atoms with Crippen LogP contribution in [0.3, 0.4) is 0 Å². The molecule has 0 amide bonds. The lowest BCUT2D eigenvalue weighted by molar-refractivity contribution is 0.0613. The zero-order valence-electron chi connectivity index (χ0n) is 20.7. The quantitative estimate of drug-likeness (QED) is 0.458. The summed E-state index contributed by atoms with van der Waals surface area (Å²) in [4.78, 5) is 0. The van der Waals surface area contributed by atoms with Gasteiger partial charge in [-0.25, -0.2) is 0 Å². The minimum Gasteiger partial charge on any atom is -0.393 e. The van der Waals surface area contributed by atoms with Crippen molar-refractivity contribution < 1.29 is 15.3 Å². The van der Waals surface area contributed by atoms with E-state index in [4.69, 9.17) is 0 Å². The number of aliphatic hydroxyl groups is 3. The number of hydrogen-bond donors (Lipinski definition) is 3. The molecule has 0 spiro atoms. The molecular weight excluding hydrogens is 384 g/mol. The van der Waals surface area contributed by atoms with Crippen molar-refractivity contribution in [1.82, 2.24) is 0 Å². The molecule has 0 radical (unpaired) electrons. The summed E-state index contributed by atoms with van der Waals surface area (Å²) in [5.74, 6) is 2.05. The number of allylic oxidation sites excluding steroid dienone is 4. The van der Waals surface area contributed by atoms with Crippen LogP contribution < -0.4 is 0 Å². The summed E-state index contributed by atoms with van der Waals surface area (Å²) >= 11 is 0. The highest BCUT2D eigenvalue weighted by atomic mass is 16.3. The van der Waals surface area contributed by atoms with Crippen LogP contribution in [0.4, 0.5) is 0 Å². The maximum Gasteiger partial charge on any atom is 0.0777 e. The fraction of sp³-hybridized carbons (Fsp3) is 0.786. The summed E-state index contributed by atoms with van der Waals surface area (Å²) in [6, 6.07) is 0. The Morgan fingerprint density at radius 3 is 2.68 bits per heavy atom. The van der Waals surface area contributed by atoms with Crippen LogP contribution in [0.2, 0.25) is 0 Å². The summed E-state index contributed by atoms with van der Waals surface area (Å²) < 4.78 is 0. The van der Waals surface area contributed by atoms with Gasteiger partial charge in [0.15, 0.2) is 0 Å². The molecule has 1 fully saturated rings. The molecule has 3 aliphatic rings. The van der Waals surface area contributed by atoms with Gasteiger partial charge in [0.1, 0.15) is 0 Å². The number of aliphatic hydroxyl groups excluding tert-OH is 2. The van der Waals surface area contributed by atoms with Gasteiger partial charge in [-0.15, -0.1) is 0 Å². The lowest BCUT2D eigenvalue weighted by Crippen LogP contribution is -2.35. The average Bonchev–Trinajstić information content (AvgIpc) is 3.01. The maximum atomic E-state index is 10.3. The molecule has 3 heteroatoms. The number of fused-ring (bicyclic) bond motifs is 1. The first-order valence-corrected chi connectivity index (χ1v) is 12.6. The SMILES string of the molecule is CC(=CC1=CCC[C@@]2(C)C1CCC2[C@H](C)CCCC(C)(C)O)C1=C(C)[C@@H](O)C[C@H](O)C1. The van der Waals surface area contributed by atoms with Gasteiger partial charge in [0, 0.05) is 6.42 Å². The van der Waals surface area contributed by atoms with Crippen LogP contribution in [0.15, 0.2) is 34.4 Å². The van der Waals surface area contributed by atoms with Crippen LogP contribution in [0.1, 0.15) is 99.3 Å². The molecule has 0 bridgehead atoms. The summed E-state index contributed by atoms with van der Waals surface area (Å²) in [7, 11) is 0. The van der Waals surface area contributed by atoms with E-state index in [0.717, 1.165) is 36.3 Å². The van der Waals surface area contributed by atoms with E-state index in [1.54, 1.807) is 0 Å². The van der Waals surface area contributed by atoms with E-state index in [2.05, 4.69) is 32.9 Å². The Morgan fingerprint density at radius 2 is 2.00 bits per heavy atom.